The largest absolute Gasteiger partial charge is 0.472 e. The fourth-order valence-electron chi connectivity index (χ4n) is 0.681. The topological polar surface area (TPSA) is 30.2 Å². The van der Waals surface area contributed by atoms with Crippen LogP contribution in [0.2, 0.25) is 0 Å². The quantitative estimate of drug-likeness (QED) is 0.596. The molecule has 0 radical (unpaired) electrons. The minimum Gasteiger partial charge on any atom is -0.472 e. The zero-order chi connectivity index (χ0) is 6.69. The molecule has 0 saturated carbocycles. The number of hydrogen-bond donors (Lipinski definition) is 0. The second-order valence-electron chi connectivity index (χ2n) is 2.01. The van der Waals surface area contributed by atoms with Gasteiger partial charge in [0, 0.05) is 6.42 Å². The Bertz CT molecular complexity index is 187. The average Bonchev–Trinajstić information content (AvgIpc) is 2.15. The number of hydrogen-bond acceptors (Lipinski definition) is 2. The molecule has 0 bridgehead atoms. The monoisotopic (exact) mass is 124 g/mol. The third-order valence-corrected chi connectivity index (χ3v) is 1.03. The summed E-state index contributed by atoms with van der Waals surface area (Å²) < 4.78 is 4.76. The lowest BCUT2D eigenvalue weighted by molar-refractivity contribution is -0.116. The van der Waals surface area contributed by atoms with Crippen LogP contribution >= 0.6 is 0 Å². The summed E-state index contributed by atoms with van der Waals surface area (Å²) in [6, 6.07) is 1.79. The normalized spacial score (nSPS) is 9.44. The van der Waals surface area contributed by atoms with Gasteiger partial charge in [0.25, 0.3) is 0 Å². The first kappa shape index (κ1) is 6.08. The van der Waals surface area contributed by atoms with E-state index in [1.807, 2.05) is 0 Å². The summed E-state index contributed by atoms with van der Waals surface area (Å²) >= 11 is 0. The number of rotatable bonds is 2. The maximum absolute atomic E-state index is 10.5. The van der Waals surface area contributed by atoms with Crippen molar-refractivity contribution in [3.63, 3.8) is 0 Å². The Labute approximate surface area is 53.5 Å². The van der Waals surface area contributed by atoms with Gasteiger partial charge in [-0.25, -0.2) is 0 Å². The van der Waals surface area contributed by atoms with Crippen molar-refractivity contribution in [1.29, 1.82) is 0 Å². The van der Waals surface area contributed by atoms with E-state index in [0.717, 1.165) is 5.56 Å². The SMILES string of the molecule is CC(=O)Cc1ccoc1. The van der Waals surface area contributed by atoms with E-state index in [1.165, 1.54) is 0 Å². The van der Waals surface area contributed by atoms with Crippen molar-refractivity contribution in [1.82, 2.24) is 0 Å². The smallest absolute Gasteiger partial charge is 0.134 e. The molecule has 0 fully saturated rings. The summed E-state index contributed by atoms with van der Waals surface area (Å²) in [5.41, 5.74) is 0.947. The molecule has 0 unspecified atom stereocenters. The highest BCUT2D eigenvalue weighted by Gasteiger charge is 1.96. The van der Waals surface area contributed by atoms with Gasteiger partial charge in [-0.05, 0) is 18.6 Å². The Hall–Kier alpha value is -1.05. The van der Waals surface area contributed by atoms with Gasteiger partial charge in [-0.1, -0.05) is 0 Å². The zero-order valence-corrected chi connectivity index (χ0v) is 5.26. The summed E-state index contributed by atoms with van der Waals surface area (Å²) in [6.07, 6.45) is 3.64. The van der Waals surface area contributed by atoms with Gasteiger partial charge in [-0.3, -0.25) is 4.79 Å². The number of carbonyl (C=O) groups is 1. The van der Waals surface area contributed by atoms with Crippen molar-refractivity contribution in [2.75, 3.05) is 0 Å². The molecule has 9 heavy (non-hydrogen) atoms. The second kappa shape index (κ2) is 2.49. The lowest BCUT2D eigenvalue weighted by Crippen LogP contribution is -1.93. The third kappa shape index (κ3) is 1.72. The van der Waals surface area contributed by atoms with Crippen LogP contribution in [0, 0.1) is 0 Å². The minimum atomic E-state index is 0.163. The van der Waals surface area contributed by atoms with Crippen LogP contribution in [0.5, 0.6) is 0 Å². The fraction of sp³-hybridized carbons (Fsp3) is 0.286. The molecule has 0 N–H and O–H groups in total. The Morgan fingerprint density at radius 3 is 3.00 bits per heavy atom. The number of Topliss-reactive ketones (excluding diaryl/α,β-unsaturated/α-hetero) is 1. The summed E-state index contributed by atoms with van der Waals surface area (Å²) in [5, 5.41) is 0. The second-order valence-corrected chi connectivity index (χ2v) is 2.01. The van der Waals surface area contributed by atoms with E-state index in [-0.39, 0.29) is 5.78 Å². The molecule has 0 aliphatic carbocycles. The van der Waals surface area contributed by atoms with E-state index in [4.69, 9.17) is 4.42 Å². The molecule has 1 rings (SSSR count). The standard InChI is InChI=1S/C7H8O2/c1-6(8)4-7-2-3-9-5-7/h2-3,5H,4H2,1H3. The van der Waals surface area contributed by atoms with Gasteiger partial charge >= 0.3 is 0 Å². The lowest BCUT2D eigenvalue weighted by Gasteiger charge is -1.85. The molecule has 0 aliphatic heterocycles. The van der Waals surface area contributed by atoms with Crippen LogP contribution in [0.3, 0.4) is 0 Å². The molecular formula is C7H8O2. The summed E-state index contributed by atoms with van der Waals surface area (Å²) in [6.45, 7) is 1.56. The molecule has 0 atom stereocenters. The highest BCUT2D eigenvalue weighted by Crippen LogP contribution is 2.00. The van der Waals surface area contributed by atoms with Crippen molar-refractivity contribution < 1.29 is 9.21 Å². The van der Waals surface area contributed by atoms with Crippen molar-refractivity contribution in [3.05, 3.63) is 24.2 Å². The van der Waals surface area contributed by atoms with Gasteiger partial charge in [0.05, 0.1) is 12.5 Å². The maximum Gasteiger partial charge on any atom is 0.134 e. The highest BCUT2D eigenvalue weighted by atomic mass is 16.3. The Kier molecular flexibility index (Phi) is 1.68. The lowest BCUT2D eigenvalue weighted by atomic mass is 10.2. The molecule has 48 valence electrons. The minimum absolute atomic E-state index is 0.163. The molecule has 0 aliphatic rings. The third-order valence-electron chi connectivity index (χ3n) is 1.03. The van der Waals surface area contributed by atoms with E-state index >= 15 is 0 Å². The summed E-state index contributed by atoms with van der Waals surface area (Å²) in [7, 11) is 0. The van der Waals surface area contributed by atoms with E-state index in [1.54, 1.807) is 25.5 Å². The van der Waals surface area contributed by atoms with Crippen LogP contribution in [-0.2, 0) is 11.2 Å². The van der Waals surface area contributed by atoms with Crippen LogP contribution < -0.4 is 0 Å². The first-order valence-electron chi connectivity index (χ1n) is 2.79. The molecule has 2 nitrogen and oxygen atoms in total. The first-order valence-corrected chi connectivity index (χ1v) is 2.79. The van der Waals surface area contributed by atoms with Crippen LogP contribution in [0.4, 0.5) is 0 Å². The molecule has 0 amide bonds. The predicted octanol–water partition coefficient (Wildman–Crippen LogP) is 1.41. The number of ketones is 1. The molecular weight excluding hydrogens is 116 g/mol. The van der Waals surface area contributed by atoms with Crippen LogP contribution in [-0.4, -0.2) is 5.78 Å². The molecule has 0 aromatic carbocycles. The fourth-order valence-corrected chi connectivity index (χ4v) is 0.681. The molecule has 1 aromatic rings. The van der Waals surface area contributed by atoms with E-state index < -0.39 is 0 Å². The van der Waals surface area contributed by atoms with Crippen LogP contribution in [0.15, 0.2) is 23.0 Å². The molecule has 0 spiro atoms. The van der Waals surface area contributed by atoms with E-state index in [9.17, 15) is 4.79 Å². The predicted molar refractivity (Wildman–Crippen MR) is 33.1 cm³/mol. The summed E-state index contributed by atoms with van der Waals surface area (Å²) in [4.78, 5) is 10.5. The van der Waals surface area contributed by atoms with Gasteiger partial charge in [-0.15, -0.1) is 0 Å². The van der Waals surface area contributed by atoms with Crippen molar-refractivity contribution in [3.8, 4) is 0 Å². The van der Waals surface area contributed by atoms with E-state index in [0.29, 0.717) is 6.42 Å². The first-order chi connectivity index (χ1) is 4.29. The van der Waals surface area contributed by atoms with Crippen molar-refractivity contribution in [2.24, 2.45) is 0 Å². The molecule has 0 saturated heterocycles. The Morgan fingerprint density at radius 2 is 2.56 bits per heavy atom. The Morgan fingerprint density at radius 1 is 1.78 bits per heavy atom. The van der Waals surface area contributed by atoms with E-state index in [2.05, 4.69) is 0 Å². The van der Waals surface area contributed by atoms with Crippen LogP contribution in [0.1, 0.15) is 12.5 Å². The van der Waals surface area contributed by atoms with Crippen molar-refractivity contribution >= 4 is 5.78 Å². The zero-order valence-electron chi connectivity index (χ0n) is 5.26. The maximum atomic E-state index is 10.5. The van der Waals surface area contributed by atoms with Crippen LogP contribution in [0.25, 0.3) is 0 Å². The molecule has 1 heterocycles. The Balaban J connectivity index is 2.58. The highest BCUT2D eigenvalue weighted by molar-refractivity contribution is 5.77. The molecule has 1 aromatic heterocycles. The van der Waals surface area contributed by atoms with Gasteiger partial charge in [-0.2, -0.15) is 0 Å². The van der Waals surface area contributed by atoms with Gasteiger partial charge in [0.15, 0.2) is 0 Å². The average molecular weight is 124 g/mol. The van der Waals surface area contributed by atoms with Gasteiger partial charge < -0.3 is 4.42 Å². The van der Waals surface area contributed by atoms with Gasteiger partial charge in [0.1, 0.15) is 5.78 Å². The number of carbonyl (C=O) groups excluding carboxylic acids is 1. The molecule has 2 heteroatoms. The number of furan rings is 1. The van der Waals surface area contributed by atoms with Gasteiger partial charge in [0.2, 0.25) is 0 Å². The van der Waals surface area contributed by atoms with Crippen molar-refractivity contribution in [2.45, 2.75) is 13.3 Å². The summed E-state index contributed by atoms with van der Waals surface area (Å²) in [5.74, 6) is 0.163.